The molecular formula is C15H15BrO2S. The van der Waals surface area contributed by atoms with Crippen LogP contribution < -0.4 is 0 Å². The molecule has 2 aromatic carbocycles. The maximum atomic E-state index is 12.6. The Kier molecular flexibility index (Phi) is 4.11. The summed E-state index contributed by atoms with van der Waals surface area (Å²) in [4.78, 5) is 0.686. The first-order chi connectivity index (χ1) is 8.93. The Morgan fingerprint density at radius 2 is 1.58 bits per heavy atom. The minimum atomic E-state index is -3.46. The number of rotatable bonds is 3. The third-order valence-electron chi connectivity index (χ3n) is 2.97. The van der Waals surface area contributed by atoms with Crippen LogP contribution in [0.2, 0.25) is 0 Å². The summed E-state index contributed by atoms with van der Waals surface area (Å²) in [6, 6.07) is 14.0. The second-order valence-electron chi connectivity index (χ2n) is 4.47. The Hall–Kier alpha value is -1.13. The zero-order chi connectivity index (χ0) is 14.0. The van der Waals surface area contributed by atoms with Crippen LogP contribution in [-0.2, 0) is 9.84 Å². The zero-order valence-corrected chi connectivity index (χ0v) is 13.2. The Labute approximate surface area is 122 Å². The van der Waals surface area contributed by atoms with Gasteiger partial charge in [-0.1, -0.05) is 51.8 Å². The van der Waals surface area contributed by atoms with Crippen LogP contribution >= 0.6 is 15.9 Å². The zero-order valence-electron chi connectivity index (χ0n) is 10.8. The second-order valence-corrected chi connectivity index (χ2v) is 7.76. The Balaban J connectivity index is 2.60. The molecule has 0 aliphatic heterocycles. The Bertz CT molecular complexity index is 674. The highest BCUT2D eigenvalue weighted by Crippen LogP contribution is 2.31. The molecule has 2 nitrogen and oxygen atoms in total. The first kappa shape index (κ1) is 14.3. The third kappa shape index (κ3) is 2.90. The molecule has 0 saturated carbocycles. The van der Waals surface area contributed by atoms with Crippen molar-refractivity contribution < 1.29 is 8.42 Å². The van der Waals surface area contributed by atoms with Gasteiger partial charge in [-0.05, 0) is 37.6 Å². The summed E-state index contributed by atoms with van der Waals surface area (Å²) in [6.45, 7) is 3.86. The first-order valence-electron chi connectivity index (χ1n) is 5.97. The molecule has 100 valence electrons. The van der Waals surface area contributed by atoms with E-state index in [1.165, 1.54) is 0 Å². The first-order valence-corrected chi connectivity index (χ1v) is 8.37. The lowest BCUT2D eigenvalue weighted by atomic mass is 10.2. The van der Waals surface area contributed by atoms with E-state index in [-0.39, 0.29) is 4.83 Å². The fourth-order valence-corrected chi connectivity index (χ4v) is 4.01. The van der Waals surface area contributed by atoms with Crippen molar-refractivity contribution in [3.63, 3.8) is 0 Å². The quantitative estimate of drug-likeness (QED) is 0.782. The molecule has 0 heterocycles. The predicted molar refractivity (Wildman–Crippen MR) is 80.4 cm³/mol. The summed E-state index contributed by atoms with van der Waals surface area (Å²) in [7, 11) is -3.46. The van der Waals surface area contributed by atoms with E-state index < -0.39 is 9.84 Å². The molecule has 4 heteroatoms. The highest BCUT2D eigenvalue weighted by molar-refractivity contribution is 9.09. The van der Waals surface area contributed by atoms with Crippen molar-refractivity contribution in [2.45, 2.75) is 28.5 Å². The Morgan fingerprint density at radius 3 is 2.16 bits per heavy atom. The van der Waals surface area contributed by atoms with Gasteiger partial charge in [0.25, 0.3) is 0 Å². The van der Waals surface area contributed by atoms with Gasteiger partial charge in [0, 0.05) is 4.83 Å². The molecule has 0 amide bonds. The molecular weight excluding hydrogens is 324 g/mol. The van der Waals surface area contributed by atoms with E-state index in [0.29, 0.717) is 9.79 Å². The van der Waals surface area contributed by atoms with Crippen LogP contribution in [0.15, 0.2) is 58.3 Å². The maximum Gasteiger partial charge on any atom is 0.206 e. The number of halogens is 1. The van der Waals surface area contributed by atoms with E-state index in [1.54, 1.807) is 24.3 Å². The van der Waals surface area contributed by atoms with Gasteiger partial charge in [0.05, 0.1) is 9.79 Å². The van der Waals surface area contributed by atoms with Gasteiger partial charge in [-0.25, -0.2) is 8.42 Å². The van der Waals surface area contributed by atoms with Crippen molar-refractivity contribution in [2.24, 2.45) is 0 Å². The molecule has 0 saturated heterocycles. The van der Waals surface area contributed by atoms with E-state index in [1.807, 2.05) is 38.1 Å². The summed E-state index contributed by atoms with van der Waals surface area (Å²) in [6.07, 6.45) is 0. The molecule has 0 aliphatic rings. The number of benzene rings is 2. The predicted octanol–water partition coefficient (Wildman–Crippen LogP) is 4.28. The smallest absolute Gasteiger partial charge is 0.206 e. The van der Waals surface area contributed by atoms with Crippen molar-refractivity contribution in [1.82, 2.24) is 0 Å². The van der Waals surface area contributed by atoms with E-state index in [9.17, 15) is 8.42 Å². The van der Waals surface area contributed by atoms with Gasteiger partial charge < -0.3 is 0 Å². The second kappa shape index (κ2) is 5.47. The molecule has 0 radical (unpaired) electrons. The summed E-state index contributed by atoms with van der Waals surface area (Å²) in [5.74, 6) is 0. The molecule has 0 aromatic heterocycles. The molecule has 0 bridgehead atoms. The lowest BCUT2D eigenvalue weighted by Crippen LogP contribution is -2.06. The van der Waals surface area contributed by atoms with Crippen LogP contribution in [0, 0.1) is 6.92 Å². The van der Waals surface area contributed by atoms with Gasteiger partial charge in [0.2, 0.25) is 9.84 Å². The molecule has 1 atom stereocenters. The van der Waals surface area contributed by atoms with Gasteiger partial charge in [-0.2, -0.15) is 0 Å². The monoisotopic (exact) mass is 338 g/mol. The van der Waals surface area contributed by atoms with Gasteiger partial charge in [-0.3, -0.25) is 0 Å². The number of alkyl halides is 1. The summed E-state index contributed by atoms with van der Waals surface area (Å²) in [5, 5.41) is 0. The SMILES string of the molecule is Cc1ccc(S(=O)(=O)c2ccccc2[C@H](C)Br)cc1. The fraction of sp³-hybridized carbons (Fsp3) is 0.200. The topological polar surface area (TPSA) is 34.1 Å². The highest BCUT2D eigenvalue weighted by Gasteiger charge is 2.22. The largest absolute Gasteiger partial charge is 0.219 e. The molecule has 0 fully saturated rings. The summed E-state index contributed by atoms with van der Waals surface area (Å²) < 4.78 is 25.3. The van der Waals surface area contributed by atoms with E-state index in [2.05, 4.69) is 15.9 Å². The molecule has 0 aliphatic carbocycles. The van der Waals surface area contributed by atoms with Crippen LogP contribution in [-0.4, -0.2) is 8.42 Å². The summed E-state index contributed by atoms with van der Waals surface area (Å²) >= 11 is 3.45. The minimum absolute atomic E-state index is 0.0103. The van der Waals surface area contributed by atoms with Crippen molar-refractivity contribution in [3.05, 3.63) is 59.7 Å². The normalized spacial score (nSPS) is 13.2. The maximum absolute atomic E-state index is 12.6. The molecule has 2 rings (SSSR count). The lowest BCUT2D eigenvalue weighted by Gasteiger charge is -2.12. The van der Waals surface area contributed by atoms with E-state index in [4.69, 9.17) is 0 Å². The average molecular weight is 339 g/mol. The van der Waals surface area contributed by atoms with E-state index >= 15 is 0 Å². The molecule has 19 heavy (non-hydrogen) atoms. The number of sulfone groups is 1. The van der Waals surface area contributed by atoms with Crippen LogP contribution in [0.25, 0.3) is 0 Å². The molecule has 0 unspecified atom stereocenters. The van der Waals surface area contributed by atoms with Gasteiger partial charge in [-0.15, -0.1) is 0 Å². The Morgan fingerprint density at radius 1 is 1.00 bits per heavy atom. The van der Waals surface area contributed by atoms with Crippen molar-refractivity contribution in [2.75, 3.05) is 0 Å². The van der Waals surface area contributed by atoms with Crippen LogP contribution in [0.3, 0.4) is 0 Å². The molecule has 0 N–H and O–H groups in total. The van der Waals surface area contributed by atoms with Crippen LogP contribution in [0.4, 0.5) is 0 Å². The number of hydrogen-bond donors (Lipinski definition) is 0. The average Bonchev–Trinajstić information content (AvgIpc) is 2.39. The van der Waals surface area contributed by atoms with Gasteiger partial charge in [0.15, 0.2) is 0 Å². The fourth-order valence-electron chi connectivity index (χ4n) is 1.90. The van der Waals surface area contributed by atoms with Crippen molar-refractivity contribution >= 4 is 25.8 Å². The number of aryl methyl sites for hydroxylation is 1. The lowest BCUT2D eigenvalue weighted by molar-refractivity contribution is 0.595. The summed E-state index contributed by atoms with van der Waals surface area (Å²) in [5.41, 5.74) is 1.82. The third-order valence-corrected chi connectivity index (χ3v) is 5.31. The molecule has 2 aromatic rings. The van der Waals surface area contributed by atoms with Gasteiger partial charge >= 0.3 is 0 Å². The standard InChI is InChI=1S/C15H15BrO2S/c1-11-7-9-13(10-8-11)19(17,18)15-6-4-3-5-14(15)12(2)16/h3-10,12H,1-2H3/t12-/m0/s1. The minimum Gasteiger partial charge on any atom is -0.219 e. The van der Waals surface area contributed by atoms with E-state index in [0.717, 1.165) is 11.1 Å². The van der Waals surface area contributed by atoms with Crippen LogP contribution in [0.1, 0.15) is 22.9 Å². The highest BCUT2D eigenvalue weighted by atomic mass is 79.9. The number of hydrogen-bond acceptors (Lipinski definition) is 2. The van der Waals surface area contributed by atoms with Gasteiger partial charge in [0.1, 0.15) is 0 Å². The molecule has 0 spiro atoms. The van der Waals surface area contributed by atoms with Crippen molar-refractivity contribution in [1.29, 1.82) is 0 Å². The van der Waals surface area contributed by atoms with Crippen molar-refractivity contribution in [3.8, 4) is 0 Å². The van der Waals surface area contributed by atoms with Crippen LogP contribution in [0.5, 0.6) is 0 Å².